The van der Waals surface area contributed by atoms with Crippen LogP contribution in [-0.2, 0) is 14.6 Å². The monoisotopic (exact) mass is 310 g/mol. The number of para-hydroxylation sites is 1. The number of hydrogen-bond donors (Lipinski definition) is 2. The van der Waals surface area contributed by atoms with Crippen molar-refractivity contribution in [3.05, 3.63) is 29.8 Å². The summed E-state index contributed by atoms with van der Waals surface area (Å²) in [5.41, 5.74) is 1.53. The highest BCUT2D eigenvalue weighted by molar-refractivity contribution is 7.91. The number of aryl methyl sites for hydroxylation is 1. The van der Waals surface area contributed by atoms with Crippen LogP contribution >= 0.6 is 0 Å². The van der Waals surface area contributed by atoms with Crippen LogP contribution in [0.3, 0.4) is 0 Å². The first-order valence-corrected chi connectivity index (χ1v) is 8.93. The van der Waals surface area contributed by atoms with Gasteiger partial charge in [-0.1, -0.05) is 18.2 Å². The third kappa shape index (κ3) is 4.46. The smallest absolute Gasteiger partial charge is 0.222 e. The molecule has 1 aromatic rings. The lowest BCUT2D eigenvalue weighted by molar-refractivity contribution is -0.122. The average Bonchev–Trinajstić information content (AvgIpc) is 2.65. The molecule has 1 atom stereocenters. The van der Waals surface area contributed by atoms with Gasteiger partial charge >= 0.3 is 0 Å². The number of benzene rings is 1. The molecule has 0 saturated carbocycles. The van der Waals surface area contributed by atoms with Gasteiger partial charge in [0.25, 0.3) is 0 Å². The number of rotatable bonds is 5. The summed E-state index contributed by atoms with van der Waals surface area (Å²) in [6, 6.07) is 7.89. The van der Waals surface area contributed by atoms with Crippen molar-refractivity contribution in [1.29, 1.82) is 0 Å². The number of hydrogen-bond acceptors (Lipinski definition) is 4. The molecule has 21 heavy (non-hydrogen) atoms. The quantitative estimate of drug-likeness (QED) is 0.864. The summed E-state index contributed by atoms with van der Waals surface area (Å²) in [4.78, 5) is 11.9. The van der Waals surface area contributed by atoms with Crippen LogP contribution in [0.4, 0.5) is 5.69 Å². The van der Waals surface area contributed by atoms with Crippen LogP contribution in [0.2, 0.25) is 0 Å². The van der Waals surface area contributed by atoms with Gasteiger partial charge in [-0.2, -0.15) is 0 Å². The predicted octanol–water partition coefficient (Wildman–Crippen LogP) is 1.49. The second kappa shape index (κ2) is 6.05. The third-order valence-electron chi connectivity index (χ3n) is 3.76. The standard InChI is InChI=1S/C15H22N2O3S/c1-12-5-3-4-6-13(12)16-9-7-14(18)17-15(2)8-10-21(19,20)11-15/h3-6,16H,7-11H2,1-2H3,(H,17,18)/t15-/m1/s1. The van der Waals surface area contributed by atoms with E-state index in [2.05, 4.69) is 10.6 Å². The van der Waals surface area contributed by atoms with Gasteiger partial charge < -0.3 is 10.6 Å². The van der Waals surface area contributed by atoms with Crippen LogP contribution in [0.1, 0.15) is 25.3 Å². The molecule has 0 aliphatic carbocycles. The molecule has 0 radical (unpaired) electrons. The number of amides is 1. The van der Waals surface area contributed by atoms with Crippen molar-refractivity contribution in [3.63, 3.8) is 0 Å². The Bertz CT molecular complexity index is 628. The van der Waals surface area contributed by atoms with E-state index in [-0.39, 0.29) is 17.4 Å². The molecule has 0 aromatic heterocycles. The Balaban J connectivity index is 1.80. The SMILES string of the molecule is Cc1ccccc1NCCC(=O)N[C@]1(C)CCS(=O)(=O)C1. The first-order valence-electron chi connectivity index (χ1n) is 7.11. The van der Waals surface area contributed by atoms with Crippen LogP contribution in [0, 0.1) is 6.92 Å². The zero-order valence-electron chi connectivity index (χ0n) is 12.5. The largest absolute Gasteiger partial charge is 0.384 e. The van der Waals surface area contributed by atoms with Crippen LogP contribution in [0.15, 0.2) is 24.3 Å². The molecular weight excluding hydrogens is 288 g/mol. The topological polar surface area (TPSA) is 75.3 Å². The summed E-state index contributed by atoms with van der Waals surface area (Å²) in [5, 5.41) is 6.07. The second-order valence-corrected chi connectivity index (χ2v) is 8.13. The number of carbonyl (C=O) groups is 1. The van der Waals surface area contributed by atoms with Crippen LogP contribution in [0.25, 0.3) is 0 Å². The lowest BCUT2D eigenvalue weighted by Gasteiger charge is -2.24. The van der Waals surface area contributed by atoms with Crippen molar-refractivity contribution in [3.8, 4) is 0 Å². The molecule has 6 heteroatoms. The van der Waals surface area contributed by atoms with Crippen molar-refractivity contribution in [2.24, 2.45) is 0 Å². The Kier molecular flexibility index (Phi) is 4.56. The average molecular weight is 310 g/mol. The maximum absolute atomic E-state index is 11.9. The summed E-state index contributed by atoms with van der Waals surface area (Å²) >= 11 is 0. The van der Waals surface area contributed by atoms with Crippen molar-refractivity contribution in [2.45, 2.75) is 32.2 Å². The van der Waals surface area contributed by atoms with E-state index in [0.717, 1.165) is 11.3 Å². The zero-order chi connectivity index (χ0) is 15.5. The molecule has 5 nitrogen and oxygen atoms in total. The highest BCUT2D eigenvalue weighted by atomic mass is 32.2. The molecule has 0 unspecified atom stereocenters. The Morgan fingerprint density at radius 2 is 2.05 bits per heavy atom. The van der Waals surface area contributed by atoms with Gasteiger partial charge in [0.15, 0.2) is 9.84 Å². The lowest BCUT2D eigenvalue weighted by atomic mass is 10.0. The van der Waals surface area contributed by atoms with E-state index >= 15 is 0 Å². The Labute approximate surface area is 126 Å². The summed E-state index contributed by atoms with van der Waals surface area (Å²) in [7, 11) is -3.00. The maximum Gasteiger partial charge on any atom is 0.222 e. The van der Waals surface area contributed by atoms with E-state index in [1.54, 1.807) is 6.92 Å². The van der Waals surface area contributed by atoms with E-state index in [0.29, 0.717) is 19.4 Å². The summed E-state index contributed by atoms with van der Waals surface area (Å²) in [6.45, 7) is 4.33. The van der Waals surface area contributed by atoms with Gasteiger partial charge in [0.05, 0.1) is 17.0 Å². The molecule has 0 spiro atoms. The van der Waals surface area contributed by atoms with Gasteiger partial charge in [0.1, 0.15) is 0 Å². The minimum Gasteiger partial charge on any atom is -0.384 e. The third-order valence-corrected chi connectivity index (χ3v) is 5.66. The van der Waals surface area contributed by atoms with Crippen molar-refractivity contribution >= 4 is 21.4 Å². The fraction of sp³-hybridized carbons (Fsp3) is 0.533. The Hall–Kier alpha value is -1.56. The fourth-order valence-corrected chi connectivity index (χ4v) is 4.68. The van der Waals surface area contributed by atoms with Crippen molar-refractivity contribution < 1.29 is 13.2 Å². The van der Waals surface area contributed by atoms with E-state index in [1.165, 1.54) is 0 Å². The van der Waals surface area contributed by atoms with Gasteiger partial charge in [-0.25, -0.2) is 8.42 Å². The summed E-state index contributed by atoms with van der Waals surface area (Å²) in [5.74, 6) is 0.0815. The number of anilines is 1. The minimum atomic E-state index is -3.00. The number of nitrogens with one attached hydrogen (secondary N) is 2. The first kappa shape index (κ1) is 15.8. The normalized spacial score (nSPS) is 23.7. The van der Waals surface area contributed by atoms with Crippen LogP contribution < -0.4 is 10.6 Å². The molecule has 2 rings (SSSR count). The summed E-state index contributed by atoms with van der Waals surface area (Å²) < 4.78 is 23.0. The van der Waals surface area contributed by atoms with Crippen LogP contribution in [0.5, 0.6) is 0 Å². The van der Waals surface area contributed by atoms with Gasteiger partial charge in [0.2, 0.25) is 5.91 Å². The van der Waals surface area contributed by atoms with Gasteiger partial charge in [0, 0.05) is 18.7 Å². The van der Waals surface area contributed by atoms with Gasteiger partial charge in [-0.15, -0.1) is 0 Å². The van der Waals surface area contributed by atoms with Crippen LogP contribution in [-0.4, -0.2) is 37.9 Å². The fourth-order valence-electron chi connectivity index (χ4n) is 2.59. The van der Waals surface area contributed by atoms with Crippen molar-refractivity contribution in [1.82, 2.24) is 5.32 Å². The number of sulfone groups is 1. The van der Waals surface area contributed by atoms with E-state index in [4.69, 9.17) is 0 Å². The minimum absolute atomic E-state index is 0.0387. The number of carbonyl (C=O) groups excluding carboxylic acids is 1. The first-order chi connectivity index (χ1) is 9.80. The molecule has 1 saturated heterocycles. The Morgan fingerprint density at radius 3 is 2.67 bits per heavy atom. The molecule has 0 bridgehead atoms. The maximum atomic E-state index is 11.9. The zero-order valence-corrected chi connectivity index (χ0v) is 13.3. The molecule has 116 valence electrons. The predicted molar refractivity (Wildman–Crippen MR) is 84.1 cm³/mol. The molecule has 1 heterocycles. The summed E-state index contributed by atoms with van der Waals surface area (Å²) in [6.07, 6.45) is 0.816. The molecule has 1 aliphatic rings. The highest BCUT2D eigenvalue weighted by Gasteiger charge is 2.39. The van der Waals surface area contributed by atoms with E-state index in [1.807, 2.05) is 31.2 Å². The van der Waals surface area contributed by atoms with E-state index in [9.17, 15) is 13.2 Å². The highest BCUT2D eigenvalue weighted by Crippen LogP contribution is 2.22. The Morgan fingerprint density at radius 1 is 1.33 bits per heavy atom. The molecule has 1 amide bonds. The molecule has 2 N–H and O–H groups in total. The molecule has 1 fully saturated rings. The van der Waals surface area contributed by atoms with E-state index < -0.39 is 15.4 Å². The van der Waals surface area contributed by atoms with Gasteiger partial charge in [-0.3, -0.25) is 4.79 Å². The van der Waals surface area contributed by atoms with Crippen molar-refractivity contribution in [2.75, 3.05) is 23.4 Å². The lowest BCUT2D eigenvalue weighted by Crippen LogP contribution is -2.47. The molecule has 1 aliphatic heterocycles. The molecular formula is C15H22N2O3S. The second-order valence-electron chi connectivity index (χ2n) is 5.94. The molecule has 1 aromatic carbocycles. The van der Waals surface area contributed by atoms with Gasteiger partial charge in [-0.05, 0) is 31.9 Å².